The van der Waals surface area contributed by atoms with Crippen LogP contribution in [0.2, 0.25) is 0 Å². The standard InChI is InChI=1S/C34H67N3O11/c1-11-26-33(8,43)28(40)24(6)36-18-20(2)17-32(7,42)29(48-31-27(39)25(37(9)10)16-21(3)46-31)22(4)34(44,23(5)30(41)47-26)19-35-12-14-45-15-13-38/h20-29,31,35-36,38-40,42-44H,11-19H2,1-10H3/t20-,21-,22-,23?,24-,25+,26-,27-,28-,29-,31+,32+,33-,34-/m1/s1. The molecule has 8 N–H and O–H groups in total. The van der Waals surface area contributed by atoms with E-state index >= 15 is 0 Å². The Kier molecular flexibility index (Phi) is 16.6. The predicted octanol–water partition coefficient (Wildman–Crippen LogP) is -0.398. The van der Waals surface area contributed by atoms with Gasteiger partial charge < -0.3 is 65.1 Å². The van der Waals surface area contributed by atoms with Crippen molar-refractivity contribution >= 4 is 5.97 Å². The lowest BCUT2D eigenvalue weighted by Crippen LogP contribution is -2.64. The molecule has 0 amide bonds. The van der Waals surface area contributed by atoms with E-state index in [2.05, 4.69) is 10.6 Å². The Bertz CT molecular complexity index is 973. The van der Waals surface area contributed by atoms with Crippen molar-refractivity contribution in [2.24, 2.45) is 17.8 Å². The zero-order chi connectivity index (χ0) is 36.6. The number of rotatable bonds is 11. The topological polar surface area (TPSA) is 203 Å². The number of esters is 1. The third-order valence-electron chi connectivity index (χ3n) is 10.5. The molecular formula is C34H67N3O11. The number of aliphatic hydroxyl groups excluding tert-OH is 3. The van der Waals surface area contributed by atoms with E-state index in [0.29, 0.717) is 13.0 Å². The molecule has 2 fully saturated rings. The molecule has 0 saturated carbocycles. The summed E-state index contributed by atoms with van der Waals surface area (Å²) < 4.78 is 23.9. The van der Waals surface area contributed by atoms with Gasteiger partial charge in [-0.3, -0.25) is 4.79 Å². The summed E-state index contributed by atoms with van der Waals surface area (Å²) in [5.74, 6) is -3.16. The minimum absolute atomic E-state index is 0.135. The first-order chi connectivity index (χ1) is 22.2. The van der Waals surface area contributed by atoms with Gasteiger partial charge in [-0.25, -0.2) is 0 Å². The van der Waals surface area contributed by atoms with E-state index in [0.717, 1.165) is 0 Å². The fourth-order valence-corrected chi connectivity index (χ4v) is 7.32. The number of carbonyl (C=O) groups is 1. The number of ether oxygens (including phenoxy) is 4. The van der Waals surface area contributed by atoms with E-state index < -0.39 is 71.4 Å². The first-order valence-electron chi connectivity index (χ1n) is 17.6. The highest BCUT2D eigenvalue weighted by Gasteiger charge is 2.54. The molecule has 0 aromatic heterocycles. The zero-order valence-electron chi connectivity index (χ0n) is 30.9. The van der Waals surface area contributed by atoms with E-state index in [1.807, 2.05) is 32.8 Å². The Morgan fingerprint density at radius 1 is 1.06 bits per heavy atom. The van der Waals surface area contributed by atoms with E-state index in [9.17, 15) is 30.3 Å². The highest BCUT2D eigenvalue weighted by atomic mass is 16.7. The van der Waals surface area contributed by atoms with Gasteiger partial charge in [0.1, 0.15) is 23.9 Å². The minimum Gasteiger partial charge on any atom is -0.459 e. The van der Waals surface area contributed by atoms with Crippen molar-refractivity contribution in [2.45, 2.75) is 140 Å². The number of carbonyl (C=O) groups excluding carboxylic acids is 1. The summed E-state index contributed by atoms with van der Waals surface area (Å²) in [4.78, 5) is 15.8. The van der Waals surface area contributed by atoms with E-state index in [1.165, 1.54) is 13.8 Å². The number of hydrogen-bond donors (Lipinski definition) is 8. The van der Waals surface area contributed by atoms with Crippen LogP contribution in [0.5, 0.6) is 0 Å². The molecule has 284 valence electrons. The molecule has 0 aromatic rings. The van der Waals surface area contributed by atoms with Gasteiger partial charge in [0.05, 0.1) is 49.1 Å². The molecule has 0 aliphatic carbocycles. The van der Waals surface area contributed by atoms with Crippen molar-refractivity contribution in [2.75, 3.05) is 53.6 Å². The van der Waals surface area contributed by atoms with Crippen LogP contribution < -0.4 is 10.6 Å². The second kappa shape index (κ2) is 18.5. The maximum absolute atomic E-state index is 13.9. The van der Waals surface area contributed by atoms with E-state index in [-0.39, 0.29) is 63.8 Å². The first-order valence-corrected chi connectivity index (χ1v) is 17.6. The highest BCUT2D eigenvalue weighted by Crippen LogP contribution is 2.40. The molecule has 2 saturated heterocycles. The Labute approximate surface area is 287 Å². The summed E-state index contributed by atoms with van der Waals surface area (Å²) in [6, 6.07) is -0.887. The third-order valence-corrected chi connectivity index (χ3v) is 10.5. The molecule has 48 heavy (non-hydrogen) atoms. The highest BCUT2D eigenvalue weighted by molar-refractivity contribution is 5.74. The summed E-state index contributed by atoms with van der Waals surface area (Å²) in [7, 11) is 3.72. The van der Waals surface area contributed by atoms with Crippen LogP contribution in [0, 0.1) is 17.8 Å². The molecule has 2 aliphatic rings. The minimum atomic E-state index is -1.91. The lowest BCUT2D eigenvalue weighted by Gasteiger charge is -2.49. The van der Waals surface area contributed by atoms with Gasteiger partial charge in [0, 0.05) is 31.1 Å². The molecule has 0 spiro atoms. The van der Waals surface area contributed by atoms with Crippen molar-refractivity contribution in [3.63, 3.8) is 0 Å². The fraction of sp³-hybridized carbons (Fsp3) is 0.971. The number of nitrogens with zero attached hydrogens (tertiary/aromatic N) is 1. The predicted molar refractivity (Wildman–Crippen MR) is 180 cm³/mol. The van der Waals surface area contributed by atoms with E-state index in [4.69, 9.17) is 24.1 Å². The van der Waals surface area contributed by atoms with Crippen LogP contribution in [0.4, 0.5) is 0 Å². The molecule has 0 radical (unpaired) electrons. The van der Waals surface area contributed by atoms with Crippen molar-refractivity contribution in [1.82, 2.24) is 15.5 Å². The summed E-state index contributed by atoms with van der Waals surface area (Å²) in [5.41, 5.74) is -5.34. The van der Waals surface area contributed by atoms with Crippen LogP contribution in [-0.2, 0) is 23.7 Å². The molecule has 1 unspecified atom stereocenters. The number of nitrogens with one attached hydrogen (secondary N) is 2. The number of likely N-dealkylation sites (N-methyl/N-ethyl adjacent to an activating group) is 1. The lowest BCUT2D eigenvalue weighted by atomic mass is 9.70. The van der Waals surface area contributed by atoms with Gasteiger partial charge in [-0.1, -0.05) is 20.8 Å². The molecule has 14 heteroatoms. The summed E-state index contributed by atoms with van der Waals surface area (Å²) in [6.45, 7) is 14.3. The Morgan fingerprint density at radius 3 is 2.29 bits per heavy atom. The van der Waals surface area contributed by atoms with E-state index in [1.54, 1.807) is 27.7 Å². The summed E-state index contributed by atoms with van der Waals surface area (Å²) >= 11 is 0. The molecule has 14 nitrogen and oxygen atoms in total. The van der Waals surface area contributed by atoms with Gasteiger partial charge in [0.2, 0.25) is 0 Å². The zero-order valence-corrected chi connectivity index (χ0v) is 30.9. The average Bonchev–Trinajstić information content (AvgIpc) is 3.01. The molecule has 0 aromatic carbocycles. The van der Waals surface area contributed by atoms with Crippen LogP contribution in [0.25, 0.3) is 0 Å². The largest absolute Gasteiger partial charge is 0.459 e. The van der Waals surface area contributed by atoms with Crippen molar-refractivity contribution in [1.29, 1.82) is 0 Å². The summed E-state index contributed by atoms with van der Waals surface area (Å²) in [5, 5.41) is 74.4. The fourth-order valence-electron chi connectivity index (χ4n) is 7.32. The Morgan fingerprint density at radius 2 is 1.71 bits per heavy atom. The van der Waals surface area contributed by atoms with Crippen LogP contribution in [-0.4, -0.2) is 161 Å². The first kappa shape index (κ1) is 43.2. The van der Waals surface area contributed by atoms with Crippen molar-refractivity contribution < 1.29 is 54.4 Å². The number of cyclic esters (lactones) is 1. The van der Waals surface area contributed by atoms with Crippen LogP contribution in [0.15, 0.2) is 0 Å². The molecule has 14 atom stereocenters. The van der Waals surface area contributed by atoms with Crippen LogP contribution in [0.1, 0.15) is 74.7 Å². The number of aliphatic hydroxyl groups is 6. The maximum Gasteiger partial charge on any atom is 0.312 e. The molecule has 0 bridgehead atoms. The second-order valence-electron chi connectivity index (χ2n) is 15.0. The molecular weight excluding hydrogens is 626 g/mol. The average molecular weight is 694 g/mol. The summed E-state index contributed by atoms with van der Waals surface area (Å²) in [6.07, 6.45) is -5.10. The van der Waals surface area contributed by atoms with Crippen LogP contribution >= 0.6 is 0 Å². The van der Waals surface area contributed by atoms with Gasteiger partial charge in [-0.05, 0) is 80.4 Å². The SMILES string of the molecule is CC[C@H]1OC(=O)C(C)[C@@](O)(CNCCOCCO)[C@H](C)[C@@H](O[C@@H]2O[C@H](C)C[C@H](N(C)C)[C@H]2O)[C@@](C)(O)C[C@@H](C)CN[C@H](C)[C@@H](O)[C@]1(C)O. The van der Waals surface area contributed by atoms with Crippen molar-refractivity contribution in [3.05, 3.63) is 0 Å². The van der Waals surface area contributed by atoms with Crippen LogP contribution in [0.3, 0.4) is 0 Å². The number of hydrogen-bond acceptors (Lipinski definition) is 14. The monoisotopic (exact) mass is 693 g/mol. The van der Waals surface area contributed by atoms with Gasteiger partial charge in [0.15, 0.2) is 6.29 Å². The smallest absolute Gasteiger partial charge is 0.312 e. The molecule has 2 heterocycles. The van der Waals surface area contributed by atoms with Gasteiger partial charge >= 0.3 is 5.97 Å². The van der Waals surface area contributed by atoms with Gasteiger partial charge in [0.25, 0.3) is 0 Å². The van der Waals surface area contributed by atoms with Crippen molar-refractivity contribution in [3.8, 4) is 0 Å². The van der Waals surface area contributed by atoms with Gasteiger partial charge in [-0.15, -0.1) is 0 Å². The molecule has 2 aliphatic heterocycles. The lowest BCUT2D eigenvalue weighted by molar-refractivity contribution is -0.304. The quantitative estimate of drug-likeness (QED) is 0.103. The Hall–Kier alpha value is -1.01. The maximum atomic E-state index is 13.9. The Balaban J connectivity index is 2.65. The third kappa shape index (κ3) is 10.8. The van der Waals surface area contributed by atoms with Gasteiger partial charge in [-0.2, -0.15) is 0 Å². The molecule has 2 rings (SSSR count). The second-order valence-corrected chi connectivity index (χ2v) is 15.0. The normalized spacial score (nSPS) is 44.2.